The van der Waals surface area contributed by atoms with Crippen molar-refractivity contribution in [3.8, 4) is 12.3 Å². The number of esters is 2. The van der Waals surface area contributed by atoms with Crippen molar-refractivity contribution in [1.82, 2.24) is 0 Å². The molecule has 4 nitrogen and oxygen atoms in total. The second kappa shape index (κ2) is 6.23. The van der Waals surface area contributed by atoms with Gasteiger partial charge in [-0.1, -0.05) is 12.8 Å². The third-order valence-electron chi connectivity index (χ3n) is 0.884. The number of hydrogen-bond donors (Lipinski definition) is 0. The van der Waals surface area contributed by atoms with Crippen LogP contribution in [0.5, 0.6) is 0 Å². The molecule has 0 bridgehead atoms. The summed E-state index contributed by atoms with van der Waals surface area (Å²) in [5.41, 5.74) is 0. The van der Waals surface area contributed by atoms with Crippen LogP contribution in [0.25, 0.3) is 0 Å². The molecule has 0 aliphatic rings. The second-order valence-electron chi connectivity index (χ2n) is 1.76. The number of terminal acetylenes is 1. The molecule has 0 saturated heterocycles. The smallest absolute Gasteiger partial charge is 0.345 e. The van der Waals surface area contributed by atoms with Crippen molar-refractivity contribution in [2.45, 2.75) is 6.92 Å². The summed E-state index contributed by atoms with van der Waals surface area (Å²) >= 11 is 0. The van der Waals surface area contributed by atoms with Crippen molar-refractivity contribution >= 4 is 11.9 Å². The highest BCUT2D eigenvalue weighted by atomic mass is 16.6. The summed E-state index contributed by atoms with van der Waals surface area (Å²) in [5, 5.41) is 0. The van der Waals surface area contributed by atoms with Crippen molar-refractivity contribution in [1.29, 1.82) is 0 Å². The molecular weight excluding hydrogens is 160 g/mol. The van der Waals surface area contributed by atoms with Crippen LogP contribution in [0.3, 0.4) is 0 Å². The zero-order valence-electron chi connectivity index (χ0n) is 6.70. The summed E-state index contributed by atoms with van der Waals surface area (Å²) in [6.07, 6.45) is 6.02. The Labute approximate surface area is 70.8 Å². The minimum absolute atomic E-state index is 0.105. The Morgan fingerprint density at radius 2 is 2.17 bits per heavy atom. The molecule has 65 valence electrons. The summed E-state index contributed by atoms with van der Waals surface area (Å²) in [7, 11) is 0. The summed E-state index contributed by atoms with van der Waals surface area (Å²) in [6, 6.07) is 0. The van der Waals surface area contributed by atoms with Gasteiger partial charge in [0, 0.05) is 0 Å². The molecule has 0 saturated carbocycles. The Hall–Kier alpha value is -1.50. The zero-order chi connectivity index (χ0) is 9.40. The van der Waals surface area contributed by atoms with Gasteiger partial charge in [-0.15, -0.1) is 6.42 Å². The van der Waals surface area contributed by atoms with E-state index in [-0.39, 0.29) is 6.61 Å². The van der Waals surface area contributed by atoms with Crippen LogP contribution in [-0.4, -0.2) is 25.2 Å². The van der Waals surface area contributed by atoms with Crippen LogP contribution in [0, 0.1) is 18.8 Å². The Bertz CT molecular complexity index is 202. The van der Waals surface area contributed by atoms with Crippen LogP contribution in [0.15, 0.2) is 0 Å². The van der Waals surface area contributed by atoms with Gasteiger partial charge in [0.15, 0.2) is 13.2 Å². The molecular formula is C8H9O4. The lowest BCUT2D eigenvalue weighted by Crippen LogP contribution is -2.16. The monoisotopic (exact) mass is 169 g/mol. The van der Waals surface area contributed by atoms with Gasteiger partial charge in [-0.3, -0.25) is 4.79 Å². The molecule has 1 radical (unpaired) electrons. The lowest BCUT2D eigenvalue weighted by atomic mass is 10.5. The first-order chi connectivity index (χ1) is 5.70. The molecule has 0 aromatic rings. The van der Waals surface area contributed by atoms with Gasteiger partial charge in [0.25, 0.3) is 0 Å². The average molecular weight is 169 g/mol. The van der Waals surface area contributed by atoms with E-state index in [1.807, 2.05) is 0 Å². The Morgan fingerprint density at radius 1 is 1.50 bits per heavy atom. The minimum atomic E-state index is -0.650. The van der Waals surface area contributed by atoms with Crippen LogP contribution >= 0.6 is 0 Å². The number of ether oxygens (including phenoxy) is 2. The molecule has 0 heterocycles. The molecule has 0 amide bonds. The maximum atomic E-state index is 10.6. The minimum Gasteiger partial charge on any atom is -0.453 e. The highest BCUT2D eigenvalue weighted by Crippen LogP contribution is 1.85. The van der Waals surface area contributed by atoms with Crippen molar-refractivity contribution in [2.75, 3.05) is 13.2 Å². The summed E-state index contributed by atoms with van der Waals surface area (Å²) < 4.78 is 8.83. The molecule has 0 fully saturated rings. The Morgan fingerprint density at radius 3 is 2.67 bits per heavy atom. The van der Waals surface area contributed by atoms with Gasteiger partial charge in [0.1, 0.15) is 0 Å². The van der Waals surface area contributed by atoms with Crippen LogP contribution in [-0.2, 0) is 19.1 Å². The SMILES string of the molecule is C#CCOC(=O)COC(=O)[CH]C. The van der Waals surface area contributed by atoms with Crippen LogP contribution in [0.4, 0.5) is 0 Å². The maximum absolute atomic E-state index is 10.6. The van der Waals surface area contributed by atoms with Gasteiger partial charge in [0.2, 0.25) is 0 Å². The number of hydrogen-bond acceptors (Lipinski definition) is 4. The first-order valence-electron chi connectivity index (χ1n) is 3.26. The lowest BCUT2D eigenvalue weighted by molar-refractivity contribution is -0.155. The zero-order valence-corrected chi connectivity index (χ0v) is 6.70. The van der Waals surface area contributed by atoms with E-state index in [2.05, 4.69) is 15.4 Å². The fraction of sp³-hybridized carbons (Fsp3) is 0.375. The lowest BCUT2D eigenvalue weighted by Gasteiger charge is -2.01. The van der Waals surface area contributed by atoms with Gasteiger partial charge in [-0.2, -0.15) is 0 Å². The van der Waals surface area contributed by atoms with Crippen molar-refractivity contribution in [3.63, 3.8) is 0 Å². The molecule has 12 heavy (non-hydrogen) atoms. The maximum Gasteiger partial charge on any atom is 0.345 e. The van der Waals surface area contributed by atoms with Gasteiger partial charge in [-0.25, -0.2) is 4.79 Å². The van der Waals surface area contributed by atoms with Gasteiger partial charge < -0.3 is 9.47 Å². The van der Waals surface area contributed by atoms with Crippen LogP contribution in [0.2, 0.25) is 0 Å². The van der Waals surface area contributed by atoms with E-state index in [0.717, 1.165) is 0 Å². The topological polar surface area (TPSA) is 52.6 Å². The highest BCUT2D eigenvalue weighted by molar-refractivity contribution is 5.81. The quantitative estimate of drug-likeness (QED) is 0.436. The first kappa shape index (κ1) is 10.5. The third kappa shape index (κ3) is 5.30. The van der Waals surface area contributed by atoms with Crippen molar-refractivity contribution in [2.24, 2.45) is 0 Å². The first-order valence-corrected chi connectivity index (χ1v) is 3.26. The fourth-order valence-corrected chi connectivity index (χ4v) is 0.377. The number of carbonyl (C=O) groups excluding carboxylic acids is 2. The van der Waals surface area contributed by atoms with E-state index in [0.29, 0.717) is 0 Å². The van der Waals surface area contributed by atoms with E-state index < -0.39 is 18.5 Å². The third-order valence-corrected chi connectivity index (χ3v) is 0.884. The van der Waals surface area contributed by atoms with E-state index in [1.165, 1.54) is 13.3 Å². The Kier molecular flexibility index (Phi) is 5.45. The van der Waals surface area contributed by atoms with Crippen molar-refractivity contribution in [3.05, 3.63) is 6.42 Å². The molecule has 0 unspecified atom stereocenters. The van der Waals surface area contributed by atoms with Gasteiger partial charge >= 0.3 is 11.9 Å². The largest absolute Gasteiger partial charge is 0.453 e. The predicted octanol–water partition coefficient (Wildman–Crippen LogP) is -0.0698. The van der Waals surface area contributed by atoms with E-state index in [9.17, 15) is 9.59 Å². The second-order valence-corrected chi connectivity index (χ2v) is 1.76. The molecule has 4 heteroatoms. The summed E-state index contributed by atoms with van der Waals surface area (Å²) in [6.45, 7) is 1.01. The molecule has 0 spiro atoms. The highest BCUT2D eigenvalue weighted by Gasteiger charge is 2.05. The molecule has 0 atom stereocenters. The number of rotatable bonds is 4. The normalized spacial score (nSPS) is 8.33. The molecule has 0 N–H and O–H groups in total. The standard InChI is InChI=1S/C8H9O4/c1-3-5-11-8(10)6-12-7(9)4-2/h1,4H,5-6H2,2H3. The molecule has 0 rings (SSSR count). The fourth-order valence-electron chi connectivity index (χ4n) is 0.377. The van der Waals surface area contributed by atoms with Crippen molar-refractivity contribution < 1.29 is 19.1 Å². The van der Waals surface area contributed by atoms with Gasteiger partial charge in [-0.05, 0) is 0 Å². The predicted molar refractivity (Wildman–Crippen MR) is 40.7 cm³/mol. The van der Waals surface area contributed by atoms with E-state index in [4.69, 9.17) is 6.42 Å². The molecule has 0 aromatic heterocycles. The summed E-state index contributed by atoms with van der Waals surface area (Å²) in [5.74, 6) is 0.897. The molecule has 0 aromatic carbocycles. The summed E-state index contributed by atoms with van der Waals surface area (Å²) in [4.78, 5) is 21.1. The Balaban J connectivity index is 3.45. The van der Waals surface area contributed by atoms with E-state index in [1.54, 1.807) is 0 Å². The van der Waals surface area contributed by atoms with E-state index >= 15 is 0 Å². The number of carbonyl (C=O) groups is 2. The van der Waals surface area contributed by atoms with Gasteiger partial charge in [0.05, 0.1) is 6.42 Å². The molecule has 0 aliphatic carbocycles. The van der Waals surface area contributed by atoms with Crippen LogP contribution in [0.1, 0.15) is 6.92 Å². The average Bonchev–Trinajstić information content (AvgIpc) is 2.10. The van der Waals surface area contributed by atoms with Crippen LogP contribution < -0.4 is 0 Å². The molecule has 0 aliphatic heterocycles.